The Morgan fingerprint density at radius 3 is 2.54 bits per heavy atom. The predicted molar refractivity (Wildman–Crippen MR) is 98.6 cm³/mol. The lowest BCUT2D eigenvalue weighted by Gasteiger charge is -2.09. The van der Waals surface area contributed by atoms with E-state index in [0.29, 0.717) is 10.9 Å². The third-order valence-electron chi connectivity index (χ3n) is 3.37. The summed E-state index contributed by atoms with van der Waals surface area (Å²) in [5, 5.41) is 8.98. The molecule has 0 atom stereocenters. The van der Waals surface area contributed by atoms with Crippen molar-refractivity contribution < 1.29 is 14.3 Å². The molecule has 1 heterocycles. The van der Waals surface area contributed by atoms with E-state index in [1.54, 1.807) is 12.1 Å². The fourth-order valence-electron chi connectivity index (χ4n) is 2.16. The molecule has 0 bridgehead atoms. The summed E-state index contributed by atoms with van der Waals surface area (Å²) in [5.74, 6) is 0.875. The van der Waals surface area contributed by atoms with Crippen molar-refractivity contribution in [3.63, 3.8) is 0 Å². The molecule has 0 radical (unpaired) electrons. The first-order valence-electron chi connectivity index (χ1n) is 8.44. The molecule has 0 unspecified atom stereocenters. The zero-order valence-electron chi connectivity index (χ0n) is 14.9. The molecule has 0 aliphatic heterocycles. The second-order valence-corrected chi connectivity index (χ2v) is 6.32. The third-order valence-corrected chi connectivity index (χ3v) is 4.34. The van der Waals surface area contributed by atoms with Crippen LogP contribution in [0.2, 0.25) is 0 Å². The number of nitrogens with one attached hydrogen (secondary N) is 2. The van der Waals surface area contributed by atoms with E-state index in [1.165, 1.54) is 11.8 Å². The van der Waals surface area contributed by atoms with Gasteiger partial charge in [0.05, 0.1) is 5.75 Å². The number of hydrogen-bond donors (Lipinski definition) is 2. The van der Waals surface area contributed by atoms with Gasteiger partial charge >= 0.3 is 0 Å². The highest BCUT2D eigenvalue weighted by Gasteiger charge is 2.13. The van der Waals surface area contributed by atoms with Gasteiger partial charge in [-0.1, -0.05) is 36.9 Å². The fourth-order valence-corrected chi connectivity index (χ4v) is 2.98. The first-order chi connectivity index (χ1) is 12.6. The molecule has 2 N–H and O–H groups in total. The van der Waals surface area contributed by atoms with Crippen molar-refractivity contribution >= 4 is 23.6 Å². The molecule has 140 valence electrons. The number of nitrogens with zero attached hydrogens (tertiary/aromatic N) is 3. The molecule has 26 heavy (non-hydrogen) atoms. The van der Waals surface area contributed by atoms with Gasteiger partial charge < -0.3 is 9.30 Å². The van der Waals surface area contributed by atoms with Crippen molar-refractivity contribution in [1.82, 2.24) is 25.6 Å². The lowest BCUT2D eigenvalue weighted by Crippen LogP contribution is -2.44. The number of para-hydroxylation sites is 1. The monoisotopic (exact) mass is 377 g/mol. The minimum absolute atomic E-state index is 0.129. The molecule has 2 aromatic rings. The highest BCUT2D eigenvalue weighted by Crippen LogP contribution is 2.17. The molecule has 1 aromatic heterocycles. The van der Waals surface area contributed by atoms with Crippen LogP contribution in [0, 0.1) is 0 Å². The molecule has 0 aliphatic rings. The smallest absolute Gasteiger partial charge is 0.276 e. The van der Waals surface area contributed by atoms with Crippen LogP contribution in [0.15, 0.2) is 35.5 Å². The Hall–Kier alpha value is -2.55. The number of rotatable bonds is 9. The summed E-state index contributed by atoms with van der Waals surface area (Å²) in [6.45, 7) is 4.67. The van der Waals surface area contributed by atoms with E-state index in [-0.39, 0.29) is 18.3 Å². The second-order valence-electron chi connectivity index (χ2n) is 5.38. The van der Waals surface area contributed by atoms with Gasteiger partial charge in [0.1, 0.15) is 11.6 Å². The van der Waals surface area contributed by atoms with Gasteiger partial charge in [-0.25, -0.2) is 0 Å². The van der Waals surface area contributed by atoms with Crippen LogP contribution < -0.4 is 15.6 Å². The van der Waals surface area contributed by atoms with Crippen LogP contribution in [0.4, 0.5) is 0 Å². The Kier molecular flexibility index (Phi) is 7.94. The van der Waals surface area contributed by atoms with Crippen molar-refractivity contribution in [2.75, 3.05) is 12.4 Å². The van der Waals surface area contributed by atoms with Crippen LogP contribution in [-0.2, 0) is 22.6 Å². The van der Waals surface area contributed by atoms with Crippen LogP contribution in [0.3, 0.4) is 0 Å². The third kappa shape index (κ3) is 6.07. The van der Waals surface area contributed by atoms with Crippen LogP contribution >= 0.6 is 11.8 Å². The van der Waals surface area contributed by atoms with E-state index in [1.807, 2.05) is 29.7 Å². The van der Waals surface area contributed by atoms with E-state index in [0.717, 1.165) is 25.2 Å². The van der Waals surface area contributed by atoms with Gasteiger partial charge in [0.25, 0.3) is 5.91 Å². The first kappa shape index (κ1) is 19.8. The van der Waals surface area contributed by atoms with E-state index in [9.17, 15) is 9.59 Å². The average Bonchev–Trinajstić information content (AvgIpc) is 3.05. The highest BCUT2D eigenvalue weighted by molar-refractivity contribution is 7.99. The van der Waals surface area contributed by atoms with Crippen LogP contribution in [0.1, 0.15) is 26.1 Å². The van der Waals surface area contributed by atoms with Crippen molar-refractivity contribution in [2.45, 2.75) is 38.4 Å². The maximum Gasteiger partial charge on any atom is 0.276 e. The molecular weight excluding hydrogens is 354 g/mol. The van der Waals surface area contributed by atoms with Gasteiger partial charge in [-0.3, -0.25) is 20.4 Å². The van der Waals surface area contributed by atoms with Gasteiger partial charge in [-0.05, 0) is 25.5 Å². The van der Waals surface area contributed by atoms with E-state index >= 15 is 0 Å². The molecule has 2 amide bonds. The van der Waals surface area contributed by atoms with E-state index in [2.05, 4.69) is 28.0 Å². The number of hydrogen-bond acceptors (Lipinski definition) is 6. The number of carbonyl (C=O) groups is 2. The zero-order valence-corrected chi connectivity index (χ0v) is 15.7. The van der Waals surface area contributed by atoms with Crippen LogP contribution in [-0.4, -0.2) is 38.9 Å². The minimum Gasteiger partial charge on any atom is -0.484 e. The molecule has 9 heteroatoms. The highest BCUT2D eigenvalue weighted by atomic mass is 32.2. The summed E-state index contributed by atoms with van der Waals surface area (Å²) in [6, 6.07) is 8.98. The van der Waals surface area contributed by atoms with Crippen molar-refractivity contribution in [1.29, 1.82) is 0 Å². The van der Waals surface area contributed by atoms with Crippen molar-refractivity contribution in [2.24, 2.45) is 0 Å². The number of thioether (sulfide) groups is 1. The summed E-state index contributed by atoms with van der Waals surface area (Å²) in [5.41, 5.74) is 4.69. The molecule has 1 aromatic carbocycles. The topological polar surface area (TPSA) is 98.1 Å². The average molecular weight is 377 g/mol. The Bertz CT molecular complexity index is 720. The normalized spacial score (nSPS) is 10.4. The Balaban J connectivity index is 1.71. The van der Waals surface area contributed by atoms with Gasteiger partial charge in [0.15, 0.2) is 11.8 Å². The minimum atomic E-state index is -0.436. The molecule has 0 aliphatic carbocycles. The van der Waals surface area contributed by atoms with Crippen molar-refractivity contribution in [3.8, 4) is 5.75 Å². The molecule has 0 spiro atoms. The molecule has 2 rings (SSSR count). The van der Waals surface area contributed by atoms with E-state index < -0.39 is 5.91 Å². The number of ether oxygens (including phenoxy) is 1. The SMILES string of the molecule is CCCc1nnc(SCC(=O)NNC(=O)COc2ccccc2)n1CC. The van der Waals surface area contributed by atoms with Gasteiger partial charge in [0, 0.05) is 13.0 Å². The van der Waals surface area contributed by atoms with Gasteiger partial charge in [-0.15, -0.1) is 10.2 Å². The Labute approximate surface area is 156 Å². The van der Waals surface area contributed by atoms with Crippen LogP contribution in [0.5, 0.6) is 5.75 Å². The fraction of sp³-hybridized carbons (Fsp3) is 0.412. The number of carbonyl (C=O) groups excluding carboxylic acids is 2. The lowest BCUT2D eigenvalue weighted by molar-refractivity contribution is -0.128. The standard InChI is InChI=1S/C17H23N5O3S/c1-3-8-14-18-21-17(22(14)4-2)26-12-16(24)20-19-15(23)11-25-13-9-6-5-7-10-13/h5-7,9-10H,3-4,8,11-12H2,1-2H3,(H,19,23)(H,20,24). The molecule has 8 nitrogen and oxygen atoms in total. The molecular formula is C17H23N5O3S. The summed E-state index contributed by atoms with van der Waals surface area (Å²) < 4.78 is 7.29. The summed E-state index contributed by atoms with van der Waals surface area (Å²) in [7, 11) is 0. The second kappa shape index (κ2) is 10.4. The van der Waals surface area contributed by atoms with Gasteiger partial charge in [0.2, 0.25) is 5.91 Å². The van der Waals surface area contributed by atoms with E-state index in [4.69, 9.17) is 4.74 Å². The molecule has 0 saturated heterocycles. The quantitative estimate of drug-likeness (QED) is 0.508. The van der Waals surface area contributed by atoms with Crippen molar-refractivity contribution in [3.05, 3.63) is 36.2 Å². The molecule has 0 fully saturated rings. The maximum absolute atomic E-state index is 11.9. The molecule has 0 saturated carbocycles. The number of amides is 2. The zero-order chi connectivity index (χ0) is 18.8. The predicted octanol–water partition coefficient (Wildman–Crippen LogP) is 1.57. The summed E-state index contributed by atoms with van der Waals surface area (Å²) in [4.78, 5) is 23.6. The summed E-state index contributed by atoms with van der Waals surface area (Å²) in [6.07, 6.45) is 1.84. The Morgan fingerprint density at radius 2 is 1.85 bits per heavy atom. The Morgan fingerprint density at radius 1 is 1.12 bits per heavy atom. The first-order valence-corrected chi connectivity index (χ1v) is 9.43. The number of hydrazine groups is 1. The lowest BCUT2D eigenvalue weighted by atomic mass is 10.3. The largest absolute Gasteiger partial charge is 0.484 e. The number of aromatic nitrogens is 3. The number of aryl methyl sites for hydroxylation is 1. The van der Waals surface area contributed by atoms with Crippen LogP contribution in [0.25, 0.3) is 0 Å². The van der Waals surface area contributed by atoms with Gasteiger partial charge in [-0.2, -0.15) is 0 Å². The maximum atomic E-state index is 11.9. The number of benzene rings is 1. The summed E-state index contributed by atoms with van der Waals surface area (Å²) >= 11 is 1.28.